The first-order valence-electron chi connectivity index (χ1n) is 6.54. The quantitative estimate of drug-likeness (QED) is 0.787. The van der Waals surface area contributed by atoms with Crippen LogP contribution in [-0.2, 0) is 16.0 Å². The monoisotopic (exact) mass is 268 g/mol. The molecule has 0 saturated carbocycles. The highest BCUT2D eigenvalue weighted by Gasteiger charge is 2.31. The summed E-state index contributed by atoms with van der Waals surface area (Å²) in [5, 5.41) is 1.01. The van der Waals surface area contributed by atoms with Gasteiger partial charge in [0, 0.05) is 18.5 Å². The Morgan fingerprint density at radius 2 is 2.33 bits per heavy atom. The van der Waals surface area contributed by atoms with Gasteiger partial charge in [-0.1, -0.05) is 0 Å². The minimum absolute atomic E-state index is 0.116. The Morgan fingerprint density at radius 3 is 3.00 bits per heavy atom. The fourth-order valence-corrected chi connectivity index (χ4v) is 3.36. The van der Waals surface area contributed by atoms with E-state index in [1.165, 1.54) is 4.88 Å². The number of fused-ring (bicyclic) bond motifs is 1. The third-order valence-electron chi connectivity index (χ3n) is 3.31. The Morgan fingerprint density at radius 1 is 1.56 bits per heavy atom. The molecule has 1 aliphatic rings. The number of hydrogen-bond acceptors (Lipinski definition) is 5. The topological polar surface area (TPSA) is 42.4 Å². The molecular weight excluding hydrogens is 248 g/mol. The summed E-state index contributed by atoms with van der Waals surface area (Å²) in [6.45, 7) is 5.31. The first-order valence-corrected chi connectivity index (χ1v) is 7.36. The van der Waals surface area contributed by atoms with Crippen LogP contribution in [0.4, 0.5) is 5.13 Å². The van der Waals surface area contributed by atoms with Gasteiger partial charge in [-0.05, 0) is 33.1 Å². The number of esters is 1. The van der Waals surface area contributed by atoms with Crippen molar-refractivity contribution in [3.8, 4) is 0 Å². The van der Waals surface area contributed by atoms with Crippen molar-refractivity contribution in [1.29, 1.82) is 0 Å². The van der Waals surface area contributed by atoms with E-state index in [9.17, 15) is 4.79 Å². The second-order valence-electron chi connectivity index (χ2n) is 4.52. The van der Waals surface area contributed by atoms with Gasteiger partial charge in [0.15, 0.2) is 5.13 Å². The van der Waals surface area contributed by atoms with Crippen LogP contribution in [0.2, 0.25) is 0 Å². The normalized spacial score (nSPS) is 18.3. The molecule has 4 nitrogen and oxygen atoms in total. The summed E-state index contributed by atoms with van der Waals surface area (Å²) in [6.07, 6.45) is 2.96. The molecule has 1 unspecified atom stereocenters. The number of carbonyl (C=O) groups is 1. The lowest BCUT2D eigenvalue weighted by molar-refractivity contribution is -0.145. The second kappa shape index (κ2) is 5.69. The Kier molecular flexibility index (Phi) is 4.22. The number of rotatable bonds is 4. The fraction of sp³-hybridized carbons (Fsp3) is 0.692. The minimum atomic E-state index is -0.149. The van der Waals surface area contributed by atoms with Gasteiger partial charge in [0.2, 0.25) is 0 Å². The lowest BCUT2D eigenvalue weighted by Crippen LogP contribution is -2.21. The van der Waals surface area contributed by atoms with Gasteiger partial charge in [-0.3, -0.25) is 4.79 Å². The summed E-state index contributed by atoms with van der Waals surface area (Å²) in [7, 11) is 2.03. The molecule has 0 bridgehead atoms. The van der Waals surface area contributed by atoms with E-state index in [1.54, 1.807) is 11.3 Å². The predicted octanol–water partition coefficient (Wildman–Crippen LogP) is 2.58. The molecule has 0 fully saturated rings. The summed E-state index contributed by atoms with van der Waals surface area (Å²) in [5.74, 6) is -0.265. The number of ether oxygens (including phenoxy) is 1. The Bertz CT molecular complexity index is 431. The SMILES string of the molecule is CCOC(=O)C1CCCc2sc(N(C)CC)nc21. The largest absolute Gasteiger partial charge is 0.465 e. The van der Waals surface area contributed by atoms with E-state index in [1.807, 2.05) is 14.0 Å². The highest BCUT2D eigenvalue weighted by atomic mass is 32.1. The van der Waals surface area contributed by atoms with Crippen molar-refractivity contribution in [3.63, 3.8) is 0 Å². The van der Waals surface area contributed by atoms with Gasteiger partial charge in [0.05, 0.1) is 12.3 Å². The molecule has 1 aromatic rings. The van der Waals surface area contributed by atoms with E-state index in [2.05, 4.69) is 16.8 Å². The first kappa shape index (κ1) is 13.3. The van der Waals surface area contributed by atoms with Crippen LogP contribution in [0.25, 0.3) is 0 Å². The van der Waals surface area contributed by atoms with Gasteiger partial charge < -0.3 is 9.64 Å². The lowest BCUT2D eigenvalue weighted by Gasteiger charge is -2.19. The third kappa shape index (κ3) is 2.51. The molecule has 18 heavy (non-hydrogen) atoms. The van der Waals surface area contributed by atoms with E-state index in [4.69, 9.17) is 4.74 Å². The summed E-state index contributed by atoms with van der Waals surface area (Å²) >= 11 is 1.71. The van der Waals surface area contributed by atoms with Crippen molar-refractivity contribution in [1.82, 2.24) is 4.98 Å². The van der Waals surface area contributed by atoms with Crippen molar-refractivity contribution in [2.24, 2.45) is 0 Å². The van der Waals surface area contributed by atoms with Crippen molar-refractivity contribution in [2.45, 2.75) is 39.0 Å². The zero-order valence-electron chi connectivity index (χ0n) is 11.2. The molecule has 0 saturated heterocycles. The van der Waals surface area contributed by atoms with Crippen LogP contribution < -0.4 is 4.90 Å². The number of carbonyl (C=O) groups excluding carboxylic acids is 1. The van der Waals surface area contributed by atoms with E-state index in [0.717, 1.165) is 36.6 Å². The predicted molar refractivity (Wildman–Crippen MR) is 73.4 cm³/mol. The zero-order chi connectivity index (χ0) is 13.1. The van der Waals surface area contributed by atoms with E-state index in [0.29, 0.717) is 6.61 Å². The highest BCUT2D eigenvalue weighted by molar-refractivity contribution is 7.15. The van der Waals surface area contributed by atoms with Gasteiger partial charge in [-0.25, -0.2) is 4.98 Å². The highest BCUT2D eigenvalue weighted by Crippen LogP contribution is 2.38. The summed E-state index contributed by atoms with van der Waals surface area (Å²) in [6, 6.07) is 0. The maximum Gasteiger partial charge on any atom is 0.315 e. The smallest absolute Gasteiger partial charge is 0.315 e. The van der Waals surface area contributed by atoms with E-state index in [-0.39, 0.29) is 11.9 Å². The molecule has 0 aromatic carbocycles. The van der Waals surface area contributed by atoms with Gasteiger partial charge >= 0.3 is 5.97 Å². The van der Waals surface area contributed by atoms with Crippen LogP contribution in [0.1, 0.15) is 43.2 Å². The molecule has 5 heteroatoms. The average molecular weight is 268 g/mol. The lowest BCUT2D eigenvalue weighted by atomic mass is 9.91. The number of nitrogens with zero attached hydrogens (tertiary/aromatic N) is 2. The maximum absolute atomic E-state index is 11.9. The molecule has 0 spiro atoms. The summed E-state index contributed by atoms with van der Waals surface area (Å²) in [5.41, 5.74) is 0.958. The zero-order valence-corrected chi connectivity index (χ0v) is 12.0. The van der Waals surface area contributed by atoms with Crippen LogP contribution in [0.15, 0.2) is 0 Å². The second-order valence-corrected chi connectivity index (χ2v) is 5.58. The Balaban J connectivity index is 2.25. The number of aromatic nitrogens is 1. The van der Waals surface area contributed by atoms with Gasteiger partial charge in [0.25, 0.3) is 0 Å². The van der Waals surface area contributed by atoms with E-state index >= 15 is 0 Å². The van der Waals surface area contributed by atoms with Crippen molar-refractivity contribution in [2.75, 3.05) is 25.1 Å². The van der Waals surface area contributed by atoms with Crippen LogP contribution in [0.3, 0.4) is 0 Å². The first-order chi connectivity index (χ1) is 8.67. The molecular formula is C13H20N2O2S. The van der Waals surface area contributed by atoms with Crippen LogP contribution in [0, 0.1) is 0 Å². The summed E-state index contributed by atoms with van der Waals surface area (Å²) < 4.78 is 5.15. The molecule has 0 radical (unpaired) electrons. The molecule has 1 aliphatic carbocycles. The van der Waals surface area contributed by atoms with E-state index < -0.39 is 0 Å². The number of anilines is 1. The molecule has 0 N–H and O–H groups in total. The van der Waals surface area contributed by atoms with Crippen molar-refractivity contribution >= 4 is 22.4 Å². The fourth-order valence-electron chi connectivity index (χ4n) is 2.18. The molecule has 1 atom stereocenters. The molecule has 1 aromatic heterocycles. The minimum Gasteiger partial charge on any atom is -0.465 e. The summed E-state index contributed by atoms with van der Waals surface area (Å²) in [4.78, 5) is 20.0. The van der Waals surface area contributed by atoms with Crippen LogP contribution in [-0.4, -0.2) is 31.2 Å². The number of aryl methyl sites for hydroxylation is 1. The van der Waals surface area contributed by atoms with Gasteiger partial charge in [-0.2, -0.15) is 0 Å². The molecule has 1 heterocycles. The van der Waals surface area contributed by atoms with Crippen LogP contribution >= 0.6 is 11.3 Å². The molecule has 100 valence electrons. The molecule has 0 amide bonds. The number of thiazole rings is 1. The Hall–Kier alpha value is -1.10. The molecule has 2 rings (SSSR count). The standard InChI is InChI=1S/C13H20N2O2S/c1-4-15(3)13-14-11-9(12(16)17-5-2)7-6-8-10(11)18-13/h9H,4-8H2,1-3H3. The number of hydrogen-bond donors (Lipinski definition) is 0. The van der Waals surface area contributed by atoms with Crippen molar-refractivity contribution < 1.29 is 9.53 Å². The third-order valence-corrected chi connectivity index (χ3v) is 4.56. The van der Waals surface area contributed by atoms with Crippen molar-refractivity contribution in [3.05, 3.63) is 10.6 Å². The van der Waals surface area contributed by atoms with Gasteiger partial charge in [-0.15, -0.1) is 11.3 Å². The Labute approximate surface area is 112 Å². The molecule has 0 aliphatic heterocycles. The van der Waals surface area contributed by atoms with Gasteiger partial charge in [0.1, 0.15) is 5.92 Å². The van der Waals surface area contributed by atoms with Crippen LogP contribution in [0.5, 0.6) is 0 Å². The average Bonchev–Trinajstić information content (AvgIpc) is 2.81. The maximum atomic E-state index is 11.9.